The van der Waals surface area contributed by atoms with Crippen molar-refractivity contribution in [1.82, 2.24) is 20.1 Å². The first-order valence-corrected chi connectivity index (χ1v) is 10.5. The molecule has 140 valence electrons. The summed E-state index contributed by atoms with van der Waals surface area (Å²) < 4.78 is 2.45. The van der Waals surface area contributed by atoms with E-state index in [0.29, 0.717) is 30.2 Å². The van der Waals surface area contributed by atoms with Crippen LogP contribution in [0.15, 0.2) is 41.8 Å². The van der Waals surface area contributed by atoms with Crippen molar-refractivity contribution in [1.29, 1.82) is 0 Å². The van der Waals surface area contributed by atoms with Gasteiger partial charge in [0, 0.05) is 25.4 Å². The number of aromatic amines is 1. The van der Waals surface area contributed by atoms with Gasteiger partial charge in [-0.05, 0) is 54.1 Å². The summed E-state index contributed by atoms with van der Waals surface area (Å²) in [6.45, 7) is 1.22. The molecule has 2 aromatic heterocycles. The largest absolute Gasteiger partial charge is 0.355 e. The molecule has 1 aliphatic rings. The molecule has 7 heteroatoms. The van der Waals surface area contributed by atoms with E-state index in [1.165, 1.54) is 17.5 Å². The highest BCUT2D eigenvalue weighted by Gasteiger charge is 2.20. The molecule has 0 spiro atoms. The molecule has 1 aromatic carbocycles. The third-order valence-corrected chi connectivity index (χ3v) is 6.28. The first-order chi connectivity index (χ1) is 13.2. The molecule has 1 atom stereocenters. The third kappa shape index (κ3) is 4.04. The number of nitrogens with one attached hydrogen (secondary N) is 2. The molecule has 3 aromatic rings. The molecule has 0 saturated heterocycles. The third-order valence-electron chi connectivity index (χ3n) is 5.10. The smallest absolute Gasteiger partial charge is 0.221 e. The Morgan fingerprint density at radius 3 is 3.07 bits per heavy atom. The molecule has 5 nitrogen and oxygen atoms in total. The predicted molar refractivity (Wildman–Crippen MR) is 110 cm³/mol. The lowest BCUT2D eigenvalue weighted by Gasteiger charge is -2.25. The van der Waals surface area contributed by atoms with Crippen molar-refractivity contribution >= 4 is 29.5 Å². The highest BCUT2D eigenvalue weighted by Crippen LogP contribution is 2.30. The average Bonchev–Trinajstić information content (AvgIpc) is 3.34. The van der Waals surface area contributed by atoms with E-state index >= 15 is 0 Å². The molecule has 0 fully saturated rings. The molecule has 2 heterocycles. The zero-order valence-electron chi connectivity index (χ0n) is 15.0. The van der Waals surface area contributed by atoms with Crippen LogP contribution < -0.4 is 5.32 Å². The van der Waals surface area contributed by atoms with E-state index in [1.54, 1.807) is 11.3 Å². The van der Waals surface area contributed by atoms with Crippen LogP contribution in [0.4, 0.5) is 0 Å². The number of nitrogens with zero attached hydrogens (tertiary/aromatic N) is 2. The summed E-state index contributed by atoms with van der Waals surface area (Å²) in [5.74, 6) is 1.26. The van der Waals surface area contributed by atoms with E-state index in [-0.39, 0.29) is 5.91 Å². The Kier molecular flexibility index (Phi) is 5.50. The highest BCUT2D eigenvalue weighted by atomic mass is 32.1. The van der Waals surface area contributed by atoms with Crippen LogP contribution in [-0.2, 0) is 17.8 Å². The van der Waals surface area contributed by atoms with Crippen molar-refractivity contribution in [3.8, 4) is 10.7 Å². The van der Waals surface area contributed by atoms with Crippen LogP contribution in [0.3, 0.4) is 0 Å². The monoisotopic (exact) mass is 398 g/mol. The van der Waals surface area contributed by atoms with Gasteiger partial charge in [-0.25, -0.2) is 0 Å². The number of aromatic nitrogens is 3. The Morgan fingerprint density at radius 1 is 1.33 bits per heavy atom. The normalized spacial score (nSPS) is 16.1. The lowest BCUT2D eigenvalue weighted by Crippen LogP contribution is -2.30. The van der Waals surface area contributed by atoms with Gasteiger partial charge in [-0.1, -0.05) is 30.3 Å². The molecule has 1 amide bonds. The molecule has 1 aliphatic carbocycles. The zero-order valence-corrected chi connectivity index (χ0v) is 16.6. The topological polar surface area (TPSA) is 62.7 Å². The number of rotatable bonds is 6. The van der Waals surface area contributed by atoms with Crippen molar-refractivity contribution in [2.24, 2.45) is 0 Å². The van der Waals surface area contributed by atoms with Crippen molar-refractivity contribution in [3.63, 3.8) is 0 Å². The number of H-pyrrole nitrogens is 1. The van der Waals surface area contributed by atoms with Crippen molar-refractivity contribution < 1.29 is 4.79 Å². The summed E-state index contributed by atoms with van der Waals surface area (Å²) in [4.78, 5) is 13.5. The van der Waals surface area contributed by atoms with E-state index in [9.17, 15) is 4.79 Å². The van der Waals surface area contributed by atoms with E-state index in [2.05, 4.69) is 39.8 Å². The molecular formula is C20H22N4OS2. The Bertz CT molecular complexity index is 974. The highest BCUT2D eigenvalue weighted by molar-refractivity contribution is 7.71. The number of carbonyl (C=O) groups excluding carboxylic acids is 1. The summed E-state index contributed by atoms with van der Waals surface area (Å²) in [5, 5.41) is 12.3. The Balaban J connectivity index is 1.35. The van der Waals surface area contributed by atoms with Gasteiger partial charge < -0.3 is 5.32 Å². The Hall–Kier alpha value is -2.25. The lowest BCUT2D eigenvalue weighted by molar-refractivity contribution is -0.121. The van der Waals surface area contributed by atoms with Gasteiger partial charge in [0.05, 0.1) is 4.88 Å². The quantitative estimate of drug-likeness (QED) is 0.609. The molecule has 0 aliphatic heterocycles. The maximum Gasteiger partial charge on any atom is 0.221 e. The van der Waals surface area contributed by atoms with Gasteiger partial charge in [-0.2, -0.15) is 5.10 Å². The number of thiophene rings is 1. The van der Waals surface area contributed by atoms with Crippen LogP contribution in [-0.4, -0.2) is 27.2 Å². The van der Waals surface area contributed by atoms with Crippen molar-refractivity contribution in [2.45, 2.75) is 38.1 Å². The van der Waals surface area contributed by atoms with Crippen LogP contribution in [0.2, 0.25) is 0 Å². The van der Waals surface area contributed by atoms with Gasteiger partial charge in [-0.3, -0.25) is 14.5 Å². The fourth-order valence-electron chi connectivity index (χ4n) is 3.72. The summed E-state index contributed by atoms with van der Waals surface area (Å²) >= 11 is 6.94. The summed E-state index contributed by atoms with van der Waals surface area (Å²) in [5.41, 5.74) is 2.81. The van der Waals surface area contributed by atoms with Gasteiger partial charge in [0.2, 0.25) is 5.91 Å². The van der Waals surface area contributed by atoms with Crippen LogP contribution in [0, 0.1) is 4.77 Å². The zero-order chi connectivity index (χ0) is 18.6. The van der Waals surface area contributed by atoms with Gasteiger partial charge in [0.15, 0.2) is 10.6 Å². The van der Waals surface area contributed by atoms with E-state index in [0.717, 1.165) is 23.5 Å². The molecule has 4 rings (SSSR count). The molecule has 0 bridgehead atoms. The van der Waals surface area contributed by atoms with Gasteiger partial charge in [-0.15, -0.1) is 11.3 Å². The minimum atomic E-state index is 0.0540. The van der Waals surface area contributed by atoms with Gasteiger partial charge in [0.1, 0.15) is 0 Å². The van der Waals surface area contributed by atoms with Crippen LogP contribution >= 0.6 is 23.6 Å². The van der Waals surface area contributed by atoms with E-state index < -0.39 is 0 Å². The average molecular weight is 399 g/mol. The fraction of sp³-hybridized carbons (Fsp3) is 0.350. The fourth-order valence-corrected chi connectivity index (χ4v) is 4.67. The van der Waals surface area contributed by atoms with Crippen molar-refractivity contribution in [2.75, 3.05) is 6.54 Å². The van der Waals surface area contributed by atoms with E-state index in [4.69, 9.17) is 12.2 Å². The van der Waals surface area contributed by atoms with E-state index in [1.807, 2.05) is 22.1 Å². The van der Waals surface area contributed by atoms with Gasteiger partial charge >= 0.3 is 0 Å². The number of hydrogen-bond acceptors (Lipinski definition) is 4. The van der Waals surface area contributed by atoms with Crippen LogP contribution in [0.5, 0.6) is 0 Å². The number of hydrogen-bond donors (Lipinski definition) is 2. The SMILES string of the molecule is O=C(CCn1c(-c2cccs2)n[nH]c1=S)NCC1CCCc2ccccc21. The maximum atomic E-state index is 12.4. The molecule has 0 saturated carbocycles. The second-order valence-electron chi connectivity index (χ2n) is 6.82. The van der Waals surface area contributed by atoms with Crippen LogP contribution in [0.25, 0.3) is 10.7 Å². The standard InChI is InChI=1S/C20H22N4OS2/c25-18(21-13-15-7-3-6-14-5-1-2-8-16(14)15)10-11-24-19(22-23-20(24)26)17-9-4-12-27-17/h1-2,4-5,8-9,12,15H,3,6-7,10-11,13H2,(H,21,25)(H,23,26). The number of benzene rings is 1. The summed E-state index contributed by atoms with van der Waals surface area (Å²) in [6.07, 6.45) is 3.85. The second-order valence-corrected chi connectivity index (χ2v) is 8.16. The predicted octanol–water partition coefficient (Wildman–Crippen LogP) is 4.30. The Labute approximate surface area is 167 Å². The molecular weight excluding hydrogens is 376 g/mol. The molecule has 1 unspecified atom stereocenters. The Morgan fingerprint density at radius 2 is 2.22 bits per heavy atom. The first-order valence-electron chi connectivity index (χ1n) is 9.26. The van der Waals surface area contributed by atoms with Crippen LogP contribution in [0.1, 0.15) is 36.3 Å². The van der Waals surface area contributed by atoms with Crippen molar-refractivity contribution in [3.05, 3.63) is 57.7 Å². The summed E-state index contributed by atoms with van der Waals surface area (Å²) in [7, 11) is 0. The lowest BCUT2D eigenvalue weighted by atomic mass is 9.83. The first kappa shape index (κ1) is 18.1. The second kappa shape index (κ2) is 8.19. The number of aryl methyl sites for hydroxylation is 1. The number of amides is 1. The minimum absolute atomic E-state index is 0.0540. The maximum absolute atomic E-state index is 12.4. The number of carbonyl (C=O) groups is 1. The molecule has 0 radical (unpaired) electrons. The number of fused-ring (bicyclic) bond motifs is 1. The summed E-state index contributed by atoms with van der Waals surface area (Å²) in [6, 6.07) is 12.6. The van der Waals surface area contributed by atoms with Gasteiger partial charge in [0.25, 0.3) is 0 Å². The minimum Gasteiger partial charge on any atom is -0.355 e. The molecule has 27 heavy (non-hydrogen) atoms. The molecule has 2 N–H and O–H groups in total.